The maximum atomic E-state index is 11.8. The van der Waals surface area contributed by atoms with E-state index in [-0.39, 0.29) is 5.41 Å². The van der Waals surface area contributed by atoms with E-state index in [9.17, 15) is 4.79 Å². The van der Waals surface area contributed by atoms with Crippen LogP contribution in [0, 0.1) is 0 Å². The molecule has 1 aromatic rings. The summed E-state index contributed by atoms with van der Waals surface area (Å²) >= 11 is 0. The standard InChI is InChI=1S/C19H25NO3/c1-20-9-6-12-10-15(22-2)18(23-3)17-16(12)14(20)11-19(17)7-4-13(21)5-8-19/h10,14H,4-9,11H2,1-3H3/t14-/m0/s1. The van der Waals surface area contributed by atoms with Crippen molar-refractivity contribution in [3.63, 3.8) is 0 Å². The number of carbonyl (C=O) groups excluding carboxylic acids is 1. The van der Waals surface area contributed by atoms with Gasteiger partial charge in [-0.15, -0.1) is 0 Å². The molecule has 4 rings (SSSR count). The molecule has 4 nitrogen and oxygen atoms in total. The van der Waals surface area contributed by atoms with Crippen molar-refractivity contribution in [1.82, 2.24) is 4.90 Å². The van der Waals surface area contributed by atoms with Gasteiger partial charge in [0.05, 0.1) is 14.2 Å². The molecule has 3 aliphatic rings. The van der Waals surface area contributed by atoms with Crippen molar-refractivity contribution in [2.75, 3.05) is 27.8 Å². The number of ether oxygens (including phenoxy) is 2. The Labute approximate surface area is 137 Å². The summed E-state index contributed by atoms with van der Waals surface area (Å²) in [5, 5.41) is 0. The Hall–Kier alpha value is -1.55. The van der Waals surface area contributed by atoms with Crippen LogP contribution in [-0.2, 0) is 16.6 Å². The van der Waals surface area contributed by atoms with Crippen molar-refractivity contribution >= 4 is 5.78 Å². The number of ketones is 1. The molecule has 0 amide bonds. The fraction of sp³-hybridized carbons (Fsp3) is 0.632. The number of nitrogens with zero attached hydrogens (tertiary/aromatic N) is 1. The smallest absolute Gasteiger partial charge is 0.164 e. The number of hydrogen-bond acceptors (Lipinski definition) is 4. The number of fused-ring (bicyclic) bond motifs is 1. The SMILES string of the molecule is COc1cc2c3c(c1OC)C1(CCC(=O)CC1)C[C@@H]3N(C)CC2. The first-order valence-corrected chi connectivity index (χ1v) is 8.60. The number of benzene rings is 1. The van der Waals surface area contributed by atoms with E-state index in [1.807, 2.05) is 0 Å². The molecule has 1 aliphatic heterocycles. The highest BCUT2D eigenvalue weighted by Crippen LogP contribution is 2.60. The Bertz CT molecular complexity index is 657. The average Bonchev–Trinajstić information content (AvgIpc) is 2.90. The van der Waals surface area contributed by atoms with E-state index in [0.717, 1.165) is 43.7 Å². The zero-order chi connectivity index (χ0) is 16.2. The molecule has 0 unspecified atom stereocenters. The number of methoxy groups -OCH3 is 2. The normalized spacial score (nSPS) is 25.5. The molecule has 2 aliphatic carbocycles. The summed E-state index contributed by atoms with van der Waals surface area (Å²) in [6, 6.07) is 2.63. The Morgan fingerprint density at radius 3 is 2.57 bits per heavy atom. The van der Waals surface area contributed by atoms with E-state index in [4.69, 9.17) is 9.47 Å². The molecular weight excluding hydrogens is 290 g/mol. The molecule has 23 heavy (non-hydrogen) atoms. The fourth-order valence-corrected chi connectivity index (χ4v) is 5.04. The number of hydrogen-bond donors (Lipinski definition) is 0. The lowest BCUT2D eigenvalue weighted by atomic mass is 9.69. The van der Waals surface area contributed by atoms with Gasteiger partial charge in [0.1, 0.15) is 5.78 Å². The lowest BCUT2D eigenvalue weighted by molar-refractivity contribution is -0.121. The molecule has 0 saturated heterocycles. The maximum absolute atomic E-state index is 11.8. The molecule has 1 atom stereocenters. The maximum Gasteiger partial charge on any atom is 0.164 e. The number of likely N-dealkylation sites (N-methyl/N-ethyl adjacent to an activating group) is 1. The third kappa shape index (κ3) is 2.04. The molecule has 0 aromatic heterocycles. The monoisotopic (exact) mass is 315 g/mol. The minimum absolute atomic E-state index is 0.0845. The van der Waals surface area contributed by atoms with E-state index in [2.05, 4.69) is 18.0 Å². The second-order valence-electron chi connectivity index (χ2n) is 7.33. The summed E-state index contributed by atoms with van der Waals surface area (Å²) in [6.45, 7) is 1.08. The molecule has 1 saturated carbocycles. The van der Waals surface area contributed by atoms with E-state index < -0.39 is 0 Å². The predicted molar refractivity (Wildman–Crippen MR) is 88.4 cm³/mol. The third-order valence-electron chi connectivity index (χ3n) is 6.27. The molecule has 1 fully saturated rings. The average molecular weight is 315 g/mol. The Balaban J connectivity index is 1.94. The van der Waals surface area contributed by atoms with Gasteiger partial charge in [-0.2, -0.15) is 0 Å². The van der Waals surface area contributed by atoms with Gasteiger partial charge in [-0.3, -0.25) is 9.69 Å². The van der Waals surface area contributed by atoms with Crippen LogP contribution in [0.15, 0.2) is 6.07 Å². The van der Waals surface area contributed by atoms with Crippen molar-refractivity contribution in [3.8, 4) is 11.5 Å². The molecule has 124 valence electrons. The highest BCUT2D eigenvalue weighted by molar-refractivity contribution is 5.80. The zero-order valence-electron chi connectivity index (χ0n) is 14.3. The van der Waals surface area contributed by atoms with Gasteiger partial charge in [-0.05, 0) is 49.9 Å². The largest absolute Gasteiger partial charge is 0.493 e. The summed E-state index contributed by atoms with van der Waals surface area (Å²) in [7, 11) is 5.68. The van der Waals surface area contributed by atoms with Gasteiger partial charge >= 0.3 is 0 Å². The first-order valence-electron chi connectivity index (χ1n) is 8.60. The van der Waals surface area contributed by atoms with E-state index >= 15 is 0 Å². The third-order valence-corrected chi connectivity index (χ3v) is 6.27. The first-order chi connectivity index (χ1) is 11.1. The van der Waals surface area contributed by atoms with Gasteiger partial charge in [-0.1, -0.05) is 0 Å². The molecule has 0 N–H and O–H groups in total. The summed E-state index contributed by atoms with van der Waals surface area (Å²) in [4.78, 5) is 14.3. The number of rotatable bonds is 2. The topological polar surface area (TPSA) is 38.8 Å². The molecule has 4 heteroatoms. The molecule has 0 radical (unpaired) electrons. The minimum Gasteiger partial charge on any atom is -0.493 e. The van der Waals surface area contributed by atoms with Gasteiger partial charge in [0, 0.05) is 36.4 Å². The first kappa shape index (κ1) is 15.0. The summed E-state index contributed by atoms with van der Waals surface area (Å²) in [5.41, 5.74) is 4.31. The summed E-state index contributed by atoms with van der Waals surface area (Å²) in [6.07, 6.45) is 5.47. The van der Waals surface area contributed by atoms with Crippen molar-refractivity contribution in [3.05, 3.63) is 22.8 Å². The van der Waals surface area contributed by atoms with Gasteiger partial charge in [0.15, 0.2) is 11.5 Å². The van der Waals surface area contributed by atoms with Gasteiger partial charge in [0.2, 0.25) is 0 Å². The van der Waals surface area contributed by atoms with Crippen molar-refractivity contribution in [1.29, 1.82) is 0 Å². The Morgan fingerprint density at radius 2 is 1.91 bits per heavy atom. The fourth-order valence-electron chi connectivity index (χ4n) is 5.04. The predicted octanol–water partition coefficient (Wildman–Crippen LogP) is 3.02. The van der Waals surface area contributed by atoms with Crippen LogP contribution in [-0.4, -0.2) is 38.5 Å². The van der Waals surface area contributed by atoms with E-state index in [1.165, 1.54) is 16.7 Å². The Kier molecular flexibility index (Phi) is 3.41. The lowest BCUT2D eigenvalue weighted by Gasteiger charge is -2.35. The lowest BCUT2D eigenvalue weighted by Crippen LogP contribution is -2.33. The van der Waals surface area contributed by atoms with Gasteiger partial charge in [-0.25, -0.2) is 0 Å². The van der Waals surface area contributed by atoms with Crippen LogP contribution >= 0.6 is 0 Å². The van der Waals surface area contributed by atoms with Crippen molar-refractivity contribution in [2.24, 2.45) is 0 Å². The molecular formula is C19H25NO3. The van der Waals surface area contributed by atoms with Crippen LogP contribution in [0.4, 0.5) is 0 Å². The van der Waals surface area contributed by atoms with Crippen LogP contribution < -0.4 is 9.47 Å². The molecule has 1 heterocycles. The van der Waals surface area contributed by atoms with E-state index in [1.54, 1.807) is 14.2 Å². The molecule has 1 aromatic carbocycles. The quantitative estimate of drug-likeness (QED) is 0.841. The Morgan fingerprint density at radius 1 is 1.17 bits per heavy atom. The van der Waals surface area contributed by atoms with Gasteiger partial charge < -0.3 is 9.47 Å². The number of Topliss-reactive ketones (excluding diaryl/α,β-unsaturated/α-hetero) is 1. The van der Waals surface area contributed by atoms with Crippen LogP contribution in [0.25, 0.3) is 0 Å². The second-order valence-corrected chi connectivity index (χ2v) is 7.33. The number of carbonyl (C=O) groups is 1. The highest BCUT2D eigenvalue weighted by Gasteiger charge is 2.51. The zero-order valence-corrected chi connectivity index (χ0v) is 14.3. The highest BCUT2D eigenvalue weighted by atomic mass is 16.5. The second kappa shape index (κ2) is 5.23. The molecule has 0 bridgehead atoms. The van der Waals surface area contributed by atoms with Crippen molar-refractivity contribution in [2.45, 2.75) is 50.0 Å². The van der Waals surface area contributed by atoms with Crippen LogP contribution in [0.3, 0.4) is 0 Å². The van der Waals surface area contributed by atoms with Crippen molar-refractivity contribution < 1.29 is 14.3 Å². The van der Waals surface area contributed by atoms with Crippen LogP contribution in [0.2, 0.25) is 0 Å². The van der Waals surface area contributed by atoms with Crippen LogP contribution in [0.5, 0.6) is 11.5 Å². The minimum atomic E-state index is 0.0845. The molecule has 1 spiro atoms. The summed E-state index contributed by atoms with van der Waals surface area (Å²) < 4.78 is 11.5. The summed E-state index contributed by atoms with van der Waals surface area (Å²) in [5.74, 6) is 2.16. The van der Waals surface area contributed by atoms with Gasteiger partial charge in [0.25, 0.3) is 0 Å². The van der Waals surface area contributed by atoms with E-state index in [0.29, 0.717) is 24.7 Å². The van der Waals surface area contributed by atoms with Crippen LogP contribution in [0.1, 0.15) is 54.8 Å².